The quantitative estimate of drug-likeness (QED) is 0.175. The van der Waals surface area contributed by atoms with Crippen LogP contribution in [0.2, 0.25) is 0 Å². The zero-order chi connectivity index (χ0) is 36.5. The van der Waals surface area contributed by atoms with Crippen molar-refractivity contribution in [2.75, 3.05) is 0 Å². The lowest BCUT2D eigenvalue weighted by molar-refractivity contribution is 0.603. The third-order valence-corrected chi connectivity index (χ3v) is 11.7. The molecule has 0 radical (unpaired) electrons. The number of benzene rings is 5. The topological polar surface area (TPSA) is 12.4 Å². The Morgan fingerprint density at radius 1 is 0.642 bits per heavy atom. The Morgan fingerprint density at radius 3 is 1.98 bits per heavy atom. The van der Waals surface area contributed by atoms with Crippen LogP contribution in [0.4, 0.5) is 0 Å². The Morgan fingerprint density at radius 2 is 1.25 bits per heavy atom. The second-order valence-corrected chi connectivity index (χ2v) is 15.2. The third kappa shape index (κ3) is 6.55. The summed E-state index contributed by atoms with van der Waals surface area (Å²) in [4.78, 5) is 6.09. The fourth-order valence-corrected chi connectivity index (χ4v) is 8.73. The van der Waals surface area contributed by atoms with Gasteiger partial charge in [0.25, 0.3) is 0 Å². The van der Waals surface area contributed by atoms with E-state index >= 15 is 0 Å². The molecule has 5 aromatic rings. The molecule has 0 saturated carbocycles. The summed E-state index contributed by atoms with van der Waals surface area (Å²) in [7, 11) is 0. The van der Waals surface area contributed by atoms with Gasteiger partial charge < -0.3 is 0 Å². The van der Waals surface area contributed by atoms with Gasteiger partial charge in [0.15, 0.2) is 0 Å². The highest BCUT2D eigenvalue weighted by Crippen LogP contribution is 2.38. The van der Waals surface area contributed by atoms with Crippen molar-refractivity contribution in [2.45, 2.75) is 53.9 Å². The zero-order valence-corrected chi connectivity index (χ0v) is 31.7. The van der Waals surface area contributed by atoms with E-state index in [1.807, 2.05) is 0 Å². The van der Waals surface area contributed by atoms with Crippen LogP contribution >= 0.6 is 0 Å². The highest BCUT2D eigenvalue weighted by atomic mass is 14.8. The van der Waals surface area contributed by atoms with Crippen LogP contribution < -0.4 is 20.9 Å². The average Bonchev–Trinajstić information content (AvgIpc) is 3.31. The number of nitrogens with zero attached hydrogens (tertiary/aromatic N) is 1. The first-order valence-electron chi connectivity index (χ1n) is 19.4. The van der Waals surface area contributed by atoms with Crippen molar-refractivity contribution in [3.63, 3.8) is 0 Å². The number of hydrogen-bond acceptors (Lipinski definition) is 1. The summed E-state index contributed by atoms with van der Waals surface area (Å²) in [5.74, 6) is 0.805. The van der Waals surface area contributed by atoms with Gasteiger partial charge in [-0.2, -0.15) is 0 Å². The first-order chi connectivity index (χ1) is 25.9. The second kappa shape index (κ2) is 14.8. The molecular weight excluding hydrogens is 639 g/mol. The van der Waals surface area contributed by atoms with E-state index < -0.39 is 0 Å². The maximum Gasteiger partial charge on any atom is 0.0747 e. The van der Waals surface area contributed by atoms with Gasteiger partial charge in [0, 0.05) is 17.1 Å². The van der Waals surface area contributed by atoms with Crippen molar-refractivity contribution in [3.05, 3.63) is 206 Å². The van der Waals surface area contributed by atoms with Crippen LogP contribution in [-0.4, -0.2) is 5.71 Å². The second-order valence-electron chi connectivity index (χ2n) is 15.2. The summed E-state index contributed by atoms with van der Waals surface area (Å²) >= 11 is 0. The normalized spacial score (nSPS) is 22.1. The Labute approximate surface area is 315 Å². The van der Waals surface area contributed by atoms with Crippen LogP contribution in [0.3, 0.4) is 0 Å². The summed E-state index contributed by atoms with van der Waals surface area (Å²) in [6.07, 6.45) is 10.7. The van der Waals surface area contributed by atoms with Crippen LogP contribution in [0, 0.1) is 17.8 Å². The lowest BCUT2D eigenvalue weighted by Crippen LogP contribution is -2.40. The monoisotopic (exact) mass is 687 g/mol. The molecule has 0 fully saturated rings. The minimum Gasteiger partial charge on any atom is -0.251 e. The number of aryl methyl sites for hydroxylation is 1. The van der Waals surface area contributed by atoms with Gasteiger partial charge in [0.1, 0.15) is 0 Å². The summed E-state index contributed by atoms with van der Waals surface area (Å²) in [6, 6.07) is 48.8. The van der Waals surface area contributed by atoms with E-state index in [2.05, 4.69) is 186 Å². The molecule has 3 aliphatic rings. The SMILES string of the molecule is CC1=c2ccccc2=C(/C(N=C2C(c3ccccc3)=c3ccccc3=C(c3ccccc3)C2C)=C(C)\C2=C\C(C)CCCc3ccccc32)C=CC1C. The minimum atomic E-state index is 0.0284. The van der Waals surface area contributed by atoms with Crippen molar-refractivity contribution < 1.29 is 0 Å². The molecule has 3 unspecified atom stereocenters. The standard InChI is InChI=1S/C52H49N/c1-34-19-18-25-39-20-12-13-27-43(39)48(33-34)37(4)51(47-32-31-35(2)36(3)42-26-14-15-28-44(42)47)53-52-38(5)49(40-21-8-6-9-22-40)45-29-16-17-30-46(45)50(52)41-23-10-7-11-24-41/h6-17,20-24,26-35,38H,18-19,25H2,1-5H3/b48-33-,51-37+,53-52?. The molecule has 0 amide bonds. The van der Waals surface area contributed by atoms with Gasteiger partial charge >= 0.3 is 0 Å². The van der Waals surface area contributed by atoms with Gasteiger partial charge in [-0.25, -0.2) is 0 Å². The Hall–Kier alpha value is -5.53. The summed E-state index contributed by atoms with van der Waals surface area (Å²) in [5.41, 5.74) is 15.0. The molecule has 3 atom stereocenters. The van der Waals surface area contributed by atoms with Crippen molar-refractivity contribution in [1.29, 1.82) is 0 Å². The molecule has 1 nitrogen and oxygen atoms in total. The van der Waals surface area contributed by atoms with Crippen LogP contribution in [0.1, 0.15) is 69.7 Å². The fourth-order valence-electron chi connectivity index (χ4n) is 8.73. The fraction of sp³-hybridized carbons (Fsp3) is 0.212. The van der Waals surface area contributed by atoms with Crippen molar-refractivity contribution in [2.24, 2.45) is 22.7 Å². The lowest BCUT2D eigenvalue weighted by Gasteiger charge is -2.28. The van der Waals surface area contributed by atoms with E-state index in [1.54, 1.807) is 0 Å². The van der Waals surface area contributed by atoms with Gasteiger partial charge in [-0.1, -0.05) is 178 Å². The van der Waals surface area contributed by atoms with Crippen molar-refractivity contribution in [1.82, 2.24) is 0 Å². The molecule has 0 aliphatic heterocycles. The number of rotatable bonds is 5. The predicted octanol–water partition coefficient (Wildman–Crippen LogP) is 9.73. The molecule has 0 N–H and O–H groups in total. The number of aliphatic imine (C=N–C) groups is 1. The summed E-state index contributed by atoms with van der Waals surface area (Å²) in [6.45, 7) is 11.7. The van der Waals surface area contributed by atoms with Gasteiger partial charge in [-0.15, -0.1) is 0 Å². The van der Waals surface area contributed by atoms with Gasteiger partial charge in [0.2, 0.25) is 0 Å². The minimum absolute atomic E-state index is 0.0284. The van der Waals surface area contributed by atoms with Crippen LogP contribution in [0.5, 0.6) is 0 Å². The maximum atomic E-state index is 6.09. The maximum absolute atomic E-state index is 6.09. The van der Waals surface area contributed by atoms with E-state index in [4.69, 9.17) is 4.99 Å². The van der Waals surface area contributed by atoms with Crippen molar-refractivity contribution >= 4 is 33.6 Å². The molecule has 0 bridgehead atoms. The van der Waals surface area contributed by atoms with Crippen LogP contribution in [0.25, 0.3) is 27.9 Å². The van der Waals surface area contributed by atoms with Crippen LogP contribution in [-0.2, 0) is 6.42 Å². The molecule has 3 aliphatic carbocycles. The highest BCUT2D eigenvalue weighted by molar-refractivity contribution is 6.29. The number of allylic oxidation sites excluding steroid dienone is 5. The highest BCUT2D eigenvalue weighted by Gasteiger charge is 2.29. The molecule has 0 heterocycles. The van der Waals surface area contributed by atoms with Gasteiger partial charge in [-0.3, -0.25) is 4.99 Å². The molecule has 0 saturated heterocycles. The van der Waals surface area contributed by atoms with Crippen LogP contribution in [0.15, 0.2) is 168 Å². The molecule has 0 spiro atoms. The van der Waals surface area contributed by atoms with E-state index in [-0.39, 0.29) is 5.92 Å². The van der Waals surface area contributed by atoms with Gasteiger partial charge in [0.05, 0.1) is 11.4 Å². The Kier molecular flexibility index (Phi) is 9.67. The van der Waals surface area contributed by atoms with E-state index in [1.165, 1.54) is 89.4 Å². The Bertz CT molecular complexity index is 2580. The van der Waals surface area contributed by atoms with Crippen molar-refractivity contribution in [3.8, 4) is 0 Å². The molecule has 8 rings (SSSR count). The smallest absolute Gasteiger partial charge is 0.0747 e. The largest absolute Gasteiger partial charge is 0.251 e. The van der Waals surface area contributed by atoms with E-state index in [0.29, 0.717) is 11.8 Å². The number of hydrogen-bond donors (Lipinski definition) is 0. The average molecular weight is 688 g/mol. The molecular formula is C52H49N. The van der Waals surface area contributed by atoms with Gasteiger partial charge in [-0.05, 0) is 105 Å². The molecule has 1 heteroatoms. The third-order valence-electron chi connectivity index (χ3n) is 11.7. The first-order valence-corrected chi connectivity index (χ1v) is 19.4. The van der Waals surface area contributed by atoms with E-state index in [9.17, 15) is 0 Å². The molecule has 53 heavy (non-hydrogen) atoms. The van der Waals surface area contributed by atoms with E-state index in [0.717, 1.165) is 17.8 Å². The Balaban J connectivity index is 1.53. The molecule has 262 valence electrons. The molecule has 5 aromatic carbocycles. The summed E-state index contributed by atoms with van der Waals surface area (Å²) < 4.78 is 0. The first kappa shape index (κ1) is 34.6. The zero-order valence-electron chi connectivity index (χ0n) is 31.7. The predicted molar refractivity (Wildman–Crippen MR) is 226 cm³/mol. The number of fused-ring (bicyclic) bond motifs is 3. The molecule has 0 aromatic heterocycles. The summed E-state index contributed by atoms with van der Waals surface area (Å²) in [5, 5.41) is 5.06. The lowest BCUT2D eigenvalue weighted by atomic mass is 9.78.